The van der Waals surface area contributed by atoms with Gasteiger partial charge in [0.15, 0.2) is 0 Å². The Morgan fingerprint density at radius 2 is 2.21 bits per heavy atom. The SMILES string of the molecule is CCN1CCC[C@H]1CNC(=O)[C@@H](C)OCC(F)(F)F. The summed E-state index contributed by atoms with van der Waals surface area (Å²) >= 11 is 0. The summed E-state index contributed by atoms with van der Waals surface area (Å²) in [5, 5.41) is 2.65. The van der Waals surface area contributed by atoms with Crippen LogP contribution in [0.15, 0.2) is 0 Å². The molecule has 19 heavy (non-hydrogen) atoms. The topological polar surface area (TPSA) is 41.6 Å². The molecule has 0 aromatic rings. The van der Waals surface area contributed by atoms with E-state index in [0.29, 0.717) is 6.54 Å². The fraction of sp³-hybridized carbons (Fsp3) is 0.917. The molecule has 1 saturated heterocycles. The van der Waals surface area contributed by atoms with Crippen LogP contribution in [0.25, 0.3) is 0 Å². The van der Waals surface area contributed by atoms with Crippen molar-refractivity contribution in [3.63, 3.8) is 0 Å². The maximum Gasteiger partial charge on any atom is 0.411 e. The van der Waals surface area contributed by atoms with Crippen LogP contribution in [0, 0.1) is 0 Å². The molecule has 4 nitrogen and oxygen atoms in total. The van der Waals surface area contributed by atoms with Crippen molar-refractivity contribution in [2.75, 3.05) is 26.2 Å². The van der Waals surface area contributed by atoms with Gasteiger partial charge in [-0.15, -0.1) is 0 Å². The highest BCUT2D eigenvalue weighted by Crippen LogP contribution is 2.16. The standard InChI is InChI=1S/C12H21F3N2O2/c1-3-17-6-4-5-10(17)7-16-11(18)9(2)19-8-12(13,14)15/h9-10H,3-8H2,1-2H3,(H,16,18)/t9-,10+/m1/s1. The Morgan fingerprint density at radius 3 is 2.79 bits per heavy atom. The summed E-state index contributed by atoms with van der Waals surface area (Å²) in [5.41, 5.74) is 0. The van der Waals surface area contributed by atoms with E-state index in [-0.39, 0.29) is 6.04 Å². The third kappa shape index (κ3) is 5.78. The van der Waals surface area contributed by atoms with Crippen LogP contribution in [0.3, 0.4) is 0 Å². The van der Waals surface area contributed by atoms with Gasteiger partial charge in [0, 0.05) is 12.6 Å². The molecule has 0 aliphatic carbocycles. The first-order valence-corrected chi connectivity index (χ1v) is 6.53. The van der Waals surface area contributed by atoms with E-state index >= 15 is 0 Å². The first-order chi connectivity index (χ1) is 8.83. The Hall–Kier alpha value is -0.820. The molecule has 0 saturated carbocycles. The average Bonchev–Trinajstić information content (AvgIpc) is 2.79. The predicted molar refractivity (Wildman–Crippen MR) is 64.7 cm³/mol. The third-order valence-electron chi connectivity index (χ3n) is 3.28. The highest BCUT2D eigenvalue weighted by molar-refractivity contribution is 5.80. The molecule has 1 aliphatic heterocycles. The maximum absolute atomic E-state index is 11.9. The number of carbonyl (C=O) groups is 1. The number of halogens is 3. The molecular weight excluding hydrogens is 261 g/mol. The fourth-order valence-electron chi connectivity index (χ4n) is 2.20. The zero-order valence-corrected chi connectivity index (χ0v) is 11.3. The number of hydrogen-bond acceptors (Lipinski definition) is 3. The molecule has 0 unspecified atom stereocenters. The van der Waals surface area contributed by atoms with Crippen molar-refractivity contribution in [2.45, 2.75) is 45.0 Å². The van der Waals surface area contributed by atoms with E-state index in [2.05, 4.69) is 21.9 Å². The molecule has 0 aromatic heterocycles. The lowest BCUT2D eigenvalue weighted by Gasteiger charge is -2.23. The highest BCUT2D eigenvalue weighted by atomic mass is 19.4. The third-order valence-corrected chi connectivity index (χ3v) is 3.28. The van der Waals surface area contributed by atoms with Gasteiger partial charge in [0.25, 0.3) is 0 Å². The van der Waals surface area contributed by atoms with E-state index in [1.807, 2.05) is 0 Å². The largest absolute Gasteiger partial charge is 0.411 e. The molecule has 0 bridgehead atoms. The zero-order valence-electron chi connectivity index (χ0n) is 11.3. The van der Waals surface area contributed by atoms with Gasteiger partial charge in [-0.1, -0.05) is 6.92 Å². The van der Waals surface area contributed by atoms with Crippen molar-refractivity contribution < 1.29 is 22.7 Å². The van der Waals surface area contributed by atoms with E-state index in [9.17, 15) is 18.0 Å². The number of likely N-dealkylation sites (tertiary alicyclic amines) is 1. The van der Waals surface area contributed by atoms with Gasteiger partial charge in [-0.2, -0.15) is 13.2 Å². The van der Waals surface area contributed by atoms with Crippen LogP contribution in [-0.4, -0.2) is 55.4 Å². The Morgan fingerprint density at radius 1 is 1.53 bits per heavy atom. The Bertz CT molecular complexity index is 297. The molecule has 1 rings (SSSR count). The molecule has 1 aliphatic rings. The summed E-state index contributed by atoms with van der Waals surface area (Å²) < 4.78 is 40.3. The Labute approximate surface area is 111 Å². The number of alkyl halides is 3. The Kier molecular flexibility index (Phi) is 6.06. The van der Waals surface area contributed by atoms with Crippen molar-refractivity contribution in [1.29, 1.82) is 0 Å². The molecule has 1 heterocycles. The minimum atomic E-state index is -4.40. The second-order valence-corrected chi connectivity index (χ2v) is 4.74. The highest BCUT2D eigenvalue weighted by Gasteiger charge is 2.30. The number of likely N-dealkylation sites (N-methyl/N-ethyl adjacent to an activating group) is 1. The van der Waals surface area contributed by atoms with Crippen LogP contribution in [0.5, 0.6) is 0 Å². The van der Waals surface area contributed by atoms with Crippen molar-refractivity contribution in [3.05, 3.63) is 0 Å². The fourth-order valence-corrected chi connectivity index (χ4v) is 2.20. The number of nitrogens with one attached hydrogen (secondary N) is 1. The first kappa shape index (κ1) is 16.2. The quantitative estimate of drug-likeness (QED) is 0.804. The molecule has 0 aromatic carbocycles. The van der Waals surface area contributed by atoms with Crippen molar-refractivity contribution in [2.24, 2.45) is 0 Å². The first-order valence-electron chi connectivity index (χ1n) is 6.53. The summed E-state index contributed by atoms with van der Waals surface area (Å²) in [6, 6.07) is 0.281. The van der Waals surface area contributed by atoms with Gasteiger partial charge in [-0.25, -0.2) is 0 Å². The van der Waals surface area contributed by atoms with Gasteiger partial charge in [0.2, 0.25) is 5.91 Å². The van der Waals surface area contributed by atoms with Gasteiger partial charge in [-0.05, 0) is 32.9 Å². The van der Waals surface area contributed by atoms with Crippen molar-refractivity contribution >= 4 is 5.91 Å². The van der Waals surface area contributed by atoms with Crippen molar-refractivity contribution in [3.8, 4) is 0 Å². The van der Waals surface area contributed by atoms with Crippen LogP contribution in [0.4, 0.5) is 13.2 Å². The molecule has 112 valence electrons. The number of hydrogen-bond donors (Lipinski definition) is 1. The van der Waals surface area contributed by atoms with Crippen molar-refractivity contribution in [1.82, 2.24) is 10.2 Å². The van der Waals surface area contributed by atoms with Crippen LogP contribution >= 0.6 is 0 Å². The predicted octanol–water partition coefficient (Wildman–Crippen LogP) is 1.55. The summed E-state index contributed by atoms with van der Waals surface area (Å²) in [5.74, 6) is -0.493. The van der Waals surface area contributed by atoms with E-state index < -0.39 is 24.8 Å². The van der Waals surface area contributed by atoms with Crippen LogP contribution < -0.4 is 5.32 Å². The monoisotopic (exact) mass is 282 g/mol. The molecule has 1 amide bonds. The van der Waals surface area contributed by atoms with Crippen LogP contribution in [0.1, 0.15) is 26.7 Å². The van der Waals surface area contributed by atoms with Gasteiger partial charge < -0.3 is 10.1 Å². The second-order valence-electron chi connectivity index (χ2n) is 4.74. The molecule has 7 heteroatoms. The van der Waals surface area contributed by atoms with E-state index in [1.165, 1.54) is 6.92 Å². The second kappa shape index (κ2) is 7.09. The minimum Gasteiger partial charge on any atom is -0.359 e. The molecule has 1 fully saturated rings. The van der Waals surface area contributed by atoms with Gasteiger partial charge >= 0.3 is 6.18 Å². The minimum absolute atomic E-state index is 0.281. The Balaban J connectivity index is 2.26. The smallest absolute Gasteiger partial charge is 0.359 e. The summed E-state index contributed by atoms with van der Waals surface area (Å²) in [7, 11) is 0. The summed E-state index contributed by atoms with van der Waals surface area (Å²) in [4.78, 5) is 13.8. The lowest BCUT2D eigenvalue weighted by Crippen LogP contribution is -2.44. The molecule has 0 radical (unpaired) electrons. The summed E-state index contributed by atoms with van der Waals surface area (Å²) in [6.45, 7) is 4.37. The van der Waals surface area contributed by atoms with E-state index in [4.69, 9.17) is 0 Å². The molecular formula is C12H21F3N2O2. The van der Waals surface area contributed by atoms with Gasteiger partial charge in [-0.3, -0.25) is 9.69 Å². The average molecular weight is 282 g/mol. The summed E-state index contributed by atoms with van der Waals surface area (Å²) in [6.07, 6.45) is -3.39. The number of amides is 1. The number of nitrogens with zero attached hydrogens (tertiary/aromatic N) is 1. The maximum atomic E-state index is 11.9. The zero-order chi connectivity index (χ0) is 14.5. The van der Waals surface area contributed by atoms with Gasteiger partial charge in [0.1, 0.15) is 12.7 Å². The van der Waals surface area contributed by atoms with E-state index in [1.54, 1.807) is 0 Å². The van der Waals surface area contributed by atoms with E-state index in [0.717, 1.165) is 25.9 Å². The molecule has 1 N–H and O–H groups in total. The normalized spacial score (nSPS) is 22.5. The lowest BCUT2D eigenvalue weighted by atomic mass is 10.2. The van der Waals surface area contributed by atoms with Crippen LogP contribution in [0.2, 0.25) is 0 Å². The number of rotatable bonds is 6. The number of ether oxygens (including phenoxy) is 1. The molecule has 2 atom stereocenters. The van der Waals surface area contributed by atoms with Gasteiger partial charge in [0.05, 0.1) is 0 Å². The molecule has 0 spiro atoms. The number of carbonyl (C=O) groups excluding carboxylic acids is 1. The lowest BCUT2D eigenvalue weighted by molar-refractivity contribution is -0.185. The van der Waals surface area contributed by atoms with Crippen LogP contribution in [-0.2, 0) is 9.53 Å².